The van der Waals surface area contributed by atoms with Crippen molar-refractivity contribution in [2.24, 2.45) is 5.92 Å². The highest BCUT2D eigenvalue weighted by Crippen LogP contribution is 2.36. The van der Waals surface area contributed by atoms with Gasteiger partial charge in [-0.3, -0.25) is 9.88 Å². The summed E-state index contributed by atoms with van der Waals surface area (Å²) in [5.74, 6) is 1.56. The molecule has 1 aliphatic heterocycles. The highest BCUT2D eigenvalue weighted by molar-refractivity contribution is 6.30. The lowest BCUT2D eigenvalue weighted by molar-refractivity contribution is 0.140. The van der Waals surface area contributed by atoms with E-state index in [1.54, 1.807) is 19.4 Å². The average molecular weight is 391 g/mol. The highest BCUT2D eigenvalue weighted by atomic mass is 35.5. The number of hydrogen-bond acceptors (Lipinski definition) is 5. The molecule has 1 fully saturated rings. The molecule has 2 heterocycles. The molecule has 27 heavy (non-hydrogen) atoms. The number of aromatic nitrogens is 1. The Morgan fingerprint density at radius 3 is 2.85 bits per heavy atom. The van der Waals surface area contributed by atoms with Crippen LogP contribution in [0.15, 0.2) is 36.5 Å². The van der Waals surface area contributed by atoms with Crippen molar-refractivity contribution in [1.82, 2.24) is 9.88 Å². The maximum Gasteiger partial charge on any atom is 0.165 e. The van der Waals surface area contributed by atoms with Gasteiger partial charge < -0.3 is 14.6 Å². The number of likely N-dealkylation sites (tertiary alicyclic amines) is 1. The summed E-state index contributed by atoms with van der Waals surface area (Å²) in [6, 6.07) is 9.60. The summed E-state index contributed by atoms with van der Waals surface area (Å²) < 4.78 is 11.4. The normalized spacial score (nSPS) is 20.0. The number of rotatable bonds is 8. The summed E-state index contributed by atoms with van der Waals surface area (Å²) in [5, 5.41) is 11.1. The second-order valence-electron chi connectivity index (χ2n) is 6.99. The Morgan fingerprint density at radius 2 is 2.15 bits per heavy atom. The molecule has 1 aromatic heterocycles. The van der Waals surface area contributed by atoms with Crippen molar-refractivity contribution in [3.8, 4) is 11.5 Å². The van der Waals surface area contributed by atoms with Crippen molar-refractivity contribution in [2.75, 3.05) is 26.8 Å². The first-order valence-corrected chi connectivity index (χ1v) is 9.78. The Kier molecular flexibility index (Phi) is 6.94. The molecule has 2 atom stereocenters. The van der Waals surface area contributed by atoms with Crippen LogP contribution in [-0.2, 0) is 13.0 Å². The maximum absolute atomic E-state index is 10.5. The average Bonchev–Trinajstić information content (AvgIpc) is 3.00. The van der Waals surface area contributed by atoms with Crippen LogP contribution >= 0.6 is 11.6 Å². The molecule has 1 saturated heterocycles. The molecule has 0 amide bonds. The SMILES string of the molecule is CCCOc1c(CN2C[C@@H](Cc3ccccn3)[C@H](O)C2)cc(Cl)cc1OC. The van der Waals surface area contributed by atoms with E-state index in [0.29, 0.717) is 30.5 Å². The maximum atomic E-state index is 10.5. The van der Waals surface area contributed by atoms with E-state index in [1.165, 1.54) is 0 Å². The largest absolute Gasteiger partial charge is 0.493 e. The van der Waals surface area contributed by atoms with E-state index >= 15 is 0 Å². The first kappa shape index (κ1) is 19.9. The molecule has 2 aromatic rings. The van der Waals surface area contributed by atoms with Crippen LogP contribution in [-0.4, -0.2) is 47.9 Å². The molecule has 0 aliphatic carbocycles. The Balaban J connectivity index is 1.72. The fourth-order valence-corrected chi connectivity index (χ4v) is 3.79. The van der Waals surface area contributed by atoms with E-state index in [9.17, 15) is 5.11 Å². The fraction of sp³-hybridized carbons (Fsp3) is 0.476. The molecule has 146 valence electrons. The van der Waals surface area contributed by atoms with Gasteiger partial charge in [0.1, 0.15) is 0 Å². The lowest BCUT2D eigenvalue weighted by Crippen LogP contribution is -2.22. The van der Waals surface area contributed by atoms with Crippen LogP contribution in [0.5, 0.6) is 11.5 Å². The van der Waals surface area contributed by atoms with Crippen LogP contribution in [0.4, 0.5) is 0 Å². The third-order valence-corrected chi connectivity index (χ3v) is 5.06. The van der Waals surface area contributed by atoms with E-state index in [-0.39, 0.29) is 12.0 Å². The van der Waals surface area contributed by atoms with Gasteiger partial charge in [-0.15, -0.1) is 0 Å². The predicted octanol–water partition coefficient (Wildman–Crippen LogP) is 3.57. The molecular weight excluding hydrogens is 364 g/mol. The predicted molar refractivity (Wildman–Crippen MR) is 107 cm³/mol. The number of nitrogens with zero attached hydrogens (tertiary/aromatic N) is 2. The van der Waals surface area contributed by atoms with Crippen molar-refractivity contribution >= 4 is 11.6 Å². The zero-order chi connectivity index (χ0) is 19.2. The molecule has 1 aliphatic rings. The Hall–Kier alpha value is -1.82. The van der Waals surface area contributed by atoms with Crippen molar-refractivity contribution < 1.29 is 14.6 Å². The number of methoxy groups -OCH3 is 1. The summed E-state index contributed by atoms with van der Waals surface area (Å²) in [6.45, 7) is 4.78. The molecule has 1 aromatic carbocycles. The minimum atomic E-state index is -0.368. The number of aliphatic hydroxyl groups is 1. The fourth-order valence-electron chi connectivity index (χ4n) is 3.56. The van der Waals surface area contributed by atoms with Gasteiger partial charge in [0, 0.05) is 54.1 Å². The number of halogens is 1. The molecule has 0 unspecified atom stereocenters. The summed E-state index contributed by atoms with van der Waals surface area (Å²) in [5.41, 5.74) is 2.00. The van der Waals surface area contributed by atoms with Crippen LogP contribution < -0.4 is 9.47 Å². The van der Waals surface area contributed by atoms with Gasteiger partial charge in [0.2, 0.25) is 0 Å². The van der Waals surface area contributed by atoms with Crippen LogP contribution in [0.2, 0.25) is 5.02 Å². The number of hydrogen-bond donors (Lipinski definition) is 1. The molecule has 1 N–H and O–H groups in total. The minimum absolute atomic E-state index is 0.168. The summed E-state index contributed by atoms with van der Waals surface area (Å²) >= 11 is 6.27. The van der Waals surface area contributed by atoms with Crippen molar-refractivity contribution in [3.05, 3.63) is 52.8 Å². The molecule has 0 spiro atoms. The third-order valence-electron chi connectivity index (χ3n) is 4.84. The Bertz CT molecular complexity index is 742. The van der Waals surface area contributed by atoms with Crippen molar-refractivity contribution in [2.45, 2.75) is 32.4 Å². The van der Waals surface area contributed by atoms with E-state index in [1.807, 2.05) is 24.3 Å². The quantitative estimate of drug-likeness (QED) is 0.746. The molecule has 0 saturated carbocycles. The lowest BCUT2D eigenvalue weighted by atomic mass is 10.00. The number of β-amino-alcohol motifs (C(OH)–C–C–N with tert-alkyl or cyclic N) is 1. The van der Waals surface area contributed by atoms with E-state index in [0.717, 1.165) is 36.4 Å². The first-order valence-electron chi connectivity index (χ1n) is 9.40. The summed E-state index contributed by atoms with van der Waals surface area (Å²) in [7, 11) is 1.62. The third kappa shape index (κ3) is 5.12. The van der Waals surface area contributed by atoms with Crippen LogP contribution in [0.3, 0.4) is 0 Å². The molecule has 5 nitrogen and oxygen atoms in total. The summed E-state index contributed by atoms with van der Waals surface area (Å²) in [4.78, 5) is 6.62. The second-order valence-corrected chi connectivity index (χ2v) is 7.43. The highest BCUT2D eigenvalue weighted by Gasteiger charge is 2.32. The van der Waals surface area contributed by atoms with E-state index in [2.05, 4.69) is 16.8 Å². The Labute approximate surface area is 165 Å². The van der Waals surface area contributed by atoms with Crippen LogP contribution in [0, 0.1) is 5.92 Å². The molecule has 0 bridgehead atoms. The van der Waals surface area contributed by atoms with Crippen molar-refractivity contribution in [1.29, 1.82) is 0 Å². The van der Waals surface area contributed by atoms with Crippen LogP contribution in [0.25, 0.3) is 0 Å². The minimum Gasteiger partial charge on any atom is -0.493 e. The van der Waals surface area contributed by atoms with Gasteiger partial charge >= 0.3 is 0 Å². The van der Waals surface area contributed by atoms with E-state index < -0.39 is 0 Å². The second kappa shape index (κ2) is 9.40. The number of pyridine rings is 1. The Morgan fingerprint density at radius 1 is 1.30 bits per heavy atom. The number of benzene rings is 1. The van der Waals surface area contributed by atoms with Crippen molar-refractivity contribution in [3.63, 3.8) is 0 Å². The van der Waals surface area contributed by atoms with Gasteiger partial charge in [0.25, 0.3) is 0 Å². The standard InChI is InChI=1S/C21H27ClN2O3/c1-3-8-27-21-16(9-17(22)11-20(21)26-2)13-24-12-15(19(25)14-24)10-18-6-4-5-7-23-18/h4-7,9,11,15,19,25H,3,8,10,12-14H2,1-2H3/t15-,19-/m1/s1. The van der Waals surface area contributed by atoms with Gasteiger partial charge in [0.15, 0.2) is 11.5 Å². The van der Waals surface area contributed by atoms with Gasteiger partial charge in [0.05, 0.1) is 19.8 Å². The van der Waals surface area contributed by atoms with Gasteiger partial charge in [-0.2, -0.15) is 0 Å². The molecule has 0 radical (unpaired) electrons. The topological polar surface area (TPSA) is 54.8 Å². The smallest absolute Gasteiger partial charge is 0.165 e. The lowest BCUT2D eigenvalue weighted by Gasteiger charge is -2.20. The first-order chi connectivity index (χ1) is 13.1. The van der Waals surface area contributed by atoms with Gasteiger partial charge in [-0.05, 0) is 31.0 Å². The molecule has 6 heteroatoms. The number of aliphatic hydroxyl groups excluding tert-OH is 1. The zero-order valence-corrected chi connectivity index (χ0v) is 16.7. The zero-order valence-electron chi connectivity index (χ0n) is 15.9. The van der Waals surface area contributed by atoms with Gasteiger partial charge in [-0.1, -0.05) is 24.6 Å². The van der Waals surface area contributed by atoms with E-state index in [4.69, 9.17) is 21.1 Å². The number of ether oxygens (including phenoxy) is 2. The van der Waals surface area contributed by atoms with Gasteiger partial charge in [-0.25, -0.2) is 0 Å². The molecule has 3 rings (SSSR count). The van der Waals surface area contributed by atoms with Crippen LogP contribution in [0.1, 0.15) is 24.6 Å². The molecular formula is C21H27ClN2O3. The monoisotopic (exact) mass is 390 g/mol. The summed E-state index contributed by atoms with van der Waals surface area (Å²) in [6.07, 6.45) is 3.12.